The average molecular weight is 555 g/mol. The van der Waals surface area contributed by atoms with Crippen molar-refractivity contribution in [3.63, 3.8) is 0 Å². The lowest BCUT2D eigenvalue weighted by Crippen LogP contribution is -2.42. The Morgan fingerprint density at radius 3 is 2.66 bits per heavy atom. The second-order valence-electron chi connectivity index (χ2n) is 11.7. The van der Waals surface area contributed by atoms with E-state index in [0.717, 1.165) is 78.7 Å². The first kappa shape index (κ1) is 26.1. The second-order valence-corrected chi connectivity index (χ2v) is 11.7. The number of aromatic nitrogens is 4. The Labute approximate surface area is 240 Å². The zero-order valence-corrected chi connectivity index (χ0v) is 24.4. The number of aryl methyl sites for hydroxylation is 1. The Bertz CT molecular complexity index is 1670. The Hall–Kier alpha value is -3.85. The molecule has 3 aliphatic rings. The van der Waals surface area contributed by atoms with Crippen molar-refractivity contribution in [2.24, 2.45) is 13.0 Å². The summed E-state index contributed by atoms with van der Waals surface area (Å²) in [5.74, 6) is 3.17. The number of anilines is 1. The highest BCUT2D eigenvalue weighted by molar-refractivity contribution is 6.00. The minimum Gasteiger partial charge on any atom is -0.494 e. The maximum Gasteiger partial charge on any atom is 0.254 e. The summed E-state index contributed by atoms with van der Waals surface area (Å²) in [6.45, 7) is 8.99. The van der Waals surface area contributed by atoms with Gasteiger partial charge in [0.25, 0.3) is 5.91 Å². The number of carbonyl (C=O) groups excluding carboxylic acids is 1. The van der Waals surface area contributed by atoms with Crippen LogP contribution in [0.3, 0.4) is 0 Å². The van der Waals surface area contributed by atoms with Crippen molar-refractivity contribution in [2.45, 2.75) is 45.7 Å². The lowest BCUT2D eigenvalue weighted by atomic mass is 10.0. The molecule has 1 aromatic carbocycles. The molecule has 1 saturated heterocycles. The molecule has 2 aliphatic heterocycles. The molecule has 5 heterocycles. The number of fused-ring (bicyclic) bond motifs is 2. The molecule has 1 aliphatic carbocycles. The molecule has 0 spiro atoms. The Morgan fingerprint density at radius 2 is 1.90 bits per heavy atom. The SMILES string of the molecule is COc1cc(C(=O)N2CCC=C(C)C2C)cc2nc(-c3cc4ccc(N5CCOCC5)nc4n3CC3CC3)n(C)c12. The molecule has 214 valence electrons. The summed E-state index contributed by atoms with van der Waals surface area (Å²) in [4.78, 5) is 28.2. The molecule has 1 saturated carbocycles. The number of pyridine rings is 1. The van der Waals surface area contributed by atoms with Crippen LogP contribution < -0.4 is 9.64 Å². The van der Waals surface area contributed by atoms with Crippen molar-refractivity contribution in [3.05, 3.63) is 47.5 Å². The molecule has 4 aromatic rings. The van der Waals surface area contributed by atoms with E-state index < -0.39 is 0 Å². The summed E-state index contributed by atoms with van der Waals surface area (Å²) < 4.78 is 15.9. The smallest absolute Gasteiger partial charge is 0.254 e. The van der Waals surface area contributed by atoms with Crippen molar-refractivity contribution >= 4 is 33.8 Å². The molecule has 1 unspecified atom stereocenters. The molecule has 0 radical (unpaired) electrons. The minimum absolute atomic E-state index is 0.0139. The lowest BCUT2D eigenvalue weighted by Gasteiger charge is -2.33. The second kappa shape index (κ2) is 10.2. The molecule has 41 heavy (non-hydrogen) atoms. The molecule has 9 heteroatoms. The van der Waals surface area contributed by atoms with E-state index >= 15 is 0 Å². The van der Waals surface area contributed by atoms with Crippen molar-refractivity contribution in [1.82, 2.24) is 24.0 Å². The molecule has 0 bridgehead atoms. The largest absolute Gasteiger partial charge is 0.494 e. The van der Waals surface area contributed by atoms with E-state index in [1.54, 1.807) is 7.11 Å². The number of amides is 1. The molecule has 7 rings (SSSR count). The fourth-order valence-electron chi connectivity index (χ4n) is 6.32. The van der Waals surface area contributed by atoms with Gasteiger partial charge >= 0.3 is 0 Å². The molecule has 3 aromatic heterocycles. The van der Waals surface area contributed by atoms with Crippen LogP contribution in [0.2, 0.25) is 0 Å². The fraction of sp³-hybridized carbons (Fsp3) is 0.469. The van der Waals surface area contributed by atoms with Crippen LogP contribution in [0.4, 0.5) is 5.82 Å². The fourth-order valence-corrected chi connectivity index (χ4v) is 6.32. The molecule has 9 nitrogen and oxygen atoms in total. The minimum atomic E-state index is 0.0139. The van der Waals surface area contributed by atoms with Crippen LogP contribution in [0.15, 0.2) is 42.0 Å². The van der Waals surface area contributed by atoms with E-state index in [1.165, 1.54) is 18.4 Å². The topological polar surface area (TPSA) is 77.7 Å². The molecule has 2 fully saturated rings. The summed E-state index contributed by atoms with van der Waals surface area (Å²) in [6, 6.07) is 10.4. The number of imidazole rings is 1. The zero-order chi connectivity index (χ0) is 28.2. The molecule has 0 N–H and O–H groups in total. The number of hydrogen-bond acceptors (Lipinski definition) is 6. The van der Waals surface area contributed by atoms with Crippen LogP contribution in [0.1, 0.15) is 43.5 Å². The first-order valence-electron chi connectivity index (χ1n) is 14.8. The van der Waals surface area contributed by atoms with Crippen molar-refractivity contribution in [3.8, 4) is 17.3 Å². The summed E-state index contributed by atoms with van der Waals surface area (Å²) in [5, 5.41) is 1.11. The number of morpholine rings is 1. The van der Waals surface area contributed by atoms with Crippen LogP contribution >= 0.6 is 0 Å². The van der Waals surface area contributed by atoms with Gasteiger partial charge in [0.05, 0.1) is 37.6 Å². The molecular weight excluding hydrogens is 516 g/mol. The van der Waals surface area contributed by atoms with Gasteiger partial charge in [-0.1, -0.05) is 11.6 Å². The maximum absolute atomic E-state index is 13.7. The van der Waals surface area contributed by atoms with E-state index in [0.29, 0.717) is 23.8 Å². The summed E-state index contributed by atoms with van der Waals surface area (Å²) >= 11 is 0. The quantitative estimate of drug-likeness (QED) is 0.311. The Morgan fingerprint density at radius 1 is 1.10 bits per heavy atom. The third-order valence-corrected chi connectivity index (χ3v) is 9.06. The number of ether oxygens (including phenoxy) is 2. The Kier molecular flexibility index (Phi) is 6.49. The maximum atomic E-state index is 13.7. The van der Waals surface area contributed by atoms with E-state index in [4.69, 9.17) is 19.4 Å². The van der Waals surface area contributed by atoms with Crippen LogP contribution in [-0.2, 0) is 18.3 Å². The van der Waals surface area contributed by atoms with Gasteiger partial charge in [0.1, 0.15) is 22.7 Å². The van der Waals surface area contributed by atoms with Crippen LogP contribution in [0, 0.1) is 5.92 Å². The third kappa shape index (κ3) is 4.56. The normalized spacial score (nSPS) is 19.7. The van der Waals surface area contributed by atoms with E-state index in [9.17, 15) is 4.79 Å². The predicted octanol–water partition coefficient (Wildman–Crippen LogP) is 5.03. The van der Waals surface area contributed by atoms with E-state index in [2.05, 4.69) is 52.2 Å². The van der Waals surface area contributed by atoms with E-state index in [-0.39, 0.29) is 11.9 Å². The van der Waals surface area contributed by atoms with E-state index in [1.807, 2.05) is 24.1 Å². The van der Waals surface area contributed by atoms with Crippen molar-refractivity contribution in [1.29, 1.82) is 0 Å². The van der Waals surface area contributed by atoms with Gasteiger partial charge in [-0.25, -0.2) is 9.97 Å². The van der Waals surface area contributed by atoms with Crippen molar-refractivity contribution < 1.29 is 14.3 Å². The van der Waals surface area contributed by atoms with Gasteiger partial charge in [-0.3, -0.25) is 4.79 Å². The van der Waals surface area contributed by atoms with Gasteiger partial charge in [-0.05, 0) is 69.4 Å². The number of rotatable bonds is 6. The van der Waals surface area contributed by atoms with Crippen molar-refractivity contribution in [2.75, 3.05) is 44.9 Å². The number of carbonyl (C=O) groups is 1. The van der Waals surface area contributed by atoms with Crippen LogP contribution in [0.5, 0.6) is 5.75 Å². The first-order chi connectivity index (χ1) is 19.9. The highest BCUT2D eigenvalue weighted by atomic mass is 16.5. The number of hydrogen-bond donors (Lipinski definition) is 0. The summed E-state index contributed by atoms with van der Waals surface area (Å²) in [7, 11) is 3.69. The summed E-state index contributed by atoms with van der Waals surface area (Å²) in [6.07, 6.45) is 5.59. The number of benzene rings is 1. The van der Waals surface area contributed by atoms with Gasteiger partial charge < -0.3 is 28.4 Å². The average Bonchev–Trinajstić information content (AvgIpc) is 3.67. The number of methoxy groups -OCH3 is 1. The molecule has 1 atom stereocenters. The monoisotopic (exact) mass is 554 g/mol. The van der Waals surface area contributed by atoms with Gasteiger partial charge in [0, 0.05) is 44.2 Å². The van der Waals surface area contributed by atoms with Gasteiger partial charge in [-0.2, -0.15) is 0 Å². The third-order valence-electron chi connectivity index (χ3n) is 9.06. The van der Waals surface area contributed by atoms with Crippen LogP contribution in [-0.4, -0.2) is 75.9 Å². The van der Waals surface area contributed by atoms with Gasteiger partial charge in [0.2, 0.25) is 0 Å². The lowest BCUT2D eigenvalue weighted by molar-refractivity contribution is 0.0709. The molecule has 1 amide bonds. The highest BCUT2D eigenvalue weighted by Gasteiger charge is 2.29. The predicted molar refractivity (Wildman–Crippen MR) is 161 cm³/mol. The standard InChI is InChI=1S/C32H38N6O3/c1-20-6-5-11-37(21(20)2)32(39)24-16-25-29(27(18-24)40-4)35(3)31(33-25)26-17-23-9-10-28(36-12-14-41-15-13-36)34-30(23)38(26)19-22-7-8-22/h6,9-10,16-18,21-22H,5,7-8,11-15,19H2,1-4H3. The zero-order valence-electron chi connectivity index (χ0n) is 24.4. The van der Waals surface area contributed by atoms with Gasteiger partial charge in [-0.15, -0.1) is 0 Å². The van der Waals surface area contributed by atoms with Crippen LogP contribution in [0.25, 0.3) is 33.6 Å². The molecular formula is C32H38N6O3. The number of nitrogens with zero attached hydrogens (tertiary/aromatic N) is 6. The van der Waals surface area contributed by atoms with Gasteiger partial charge in [0.15, 0.2) is 5.82 Å². The highest BCUT2D eigenvalue weighted by Crippen LogP contribution is 2.38. The first-order valence-corrected chi connectivity index (χ1v) is 14.8. The Balaban J connectivity index is 1.33. The summed E-state index contributed by atoms with van der Waals surface area (Å²) in [5.41, 5.74) is 5.51.